The number of urea groups is 1. The SMILES string of the molecule is Cc1cc(N2CC(N3CC4(CCN(c5ccc(NC6=C\CCCC7=C(/C=N\6)CCN(c6cnc8c(c6C)NCCO8)C7)cc5)CC4)C3)C2)ccc1N1CCC(=O)NC1=O. The summed E-state index contributed by atoms with van der Waals surface area (Å²) in [5.74, 6) is 1.44. The normalized spacial score (nSPS) is 23.6. The first kappa shape index (κ1) is 37.7. The highest BCUT2D eigenvalue weighted by Gasteiger charge is 2.49. The highest BCUT2D eigenvalue weighted by molar-refractivity contribution is 6.06. The molecule has 4 fully saturated rings. The summed E-state index contributed by atoms with van der Waals surface area (Å²) >= 11 is 0. The summed E-state index contributed by atoms with van der Waals surface area (Å²) < 4.78 is 5.77. The van der Waals surface area contributed by atoms with Crippen molar-refractivity contribution in [3.63, 3.8) is 0 Å². The first-order valence-electron chi connectivity index (χ1n) is 21.7. The number of carbonyl (C=O) groups excluding carboxylic acids is 2. The van der Waals surface area contributed by atoms with Crippen LogP contribution in [0.25, 0.3) is 0 Å². The van der Waals surface area contributed by atoms with E-state index in [1.54, 1.807) is 4.90 Å². The van der Waals surface area contributed by atoms with Gasteiger partial charge in [-0.05, 0) is 123 Å². The number of carbonyl (C=O) groups is 2. The van der Waals surface area contributed by atoms with Gasteiger partial charge in [0.05, 0.1) is 11.9 Å². The van der Waals surface area contributed by atoms with E-state index in [9.17, 15) is 9.59 Å². The van der Waals surface area contributed by atoms with Crippen LogP contribution in [0.1, 0.15) is 56.1 Å². The number of piperidine rings is 1. The highest BCUT2D eigenvalue weighted by atomic mass is 16.5. The van der Waals surface area contributed by atoms with Crippen LogP contribution in [0, 0.1) is 19.3 Å². The summed E-state index contributed by atoms with van der Waals surface area (Å²) in [6.45, 7) is 14.7. The zero-order valence-electron chi connectivity index (χ0n) is 34.4. The van der Waals surface area contributed by atoms with E-state index < -0.39 is 0 Å². The molecule has 0 saturated carbocycles. The van der Waals surface area contributed by atoms with Crippen molar-refractivity contribution in [3.05, 3.63) is 82.8 Å². The lowest BCUT2D eigenvalue weighted by Crippen LogP contribution is -2.70. The van der Waals surface area contributed by atoms with E-state index in [4.69, 9.17) is 9.73 Å². The number of likely N-dealkylation sites (tertiary alicyclic amines) is 1. The van der Waals surface area contributed by atoms with Crippen molar-refractivity contribution in [1.29, 1.82) is 0 Å². The van der Waals surface area contributed by atoms with Crippen molar-refractivity contribution < 1.29 is 14.3 Å². The molecule has 3 amide bonds. The second-order valence-corrected chi connectivity index (χ2v) is 17.6. The Labute approximate surface area is 347 Å². The smallest absolute Gasteiger partial charge is 0.328 e. The molecule has 0 atom stereocenters. The zero-order valence-corrected chi connectivity index (χ0v) is 34.4. The maximum absolute atomic E-state index is 12.4. The van der Waals surface area contributed by atoms with Crippen LogP contribution in [0.5, 0.6) is 5.88 Å². The van der Waals surface area contributed by atoms with Gasteiger partial charge in [0.25, 0.3) is 0 Å². The highest BCUT2D eigenvalue weighted by Crippen LogP contribution is 2.44. The number of rotatable bonds is 7. The number of aliphatic imine (C=N–C) groups is 1. The van der Waals surface area contributed by atoms with E-state index in [0.717, 1.165) is 99.9 Å². The number of aromatic nitrogens is 1. The van der Waals surface area contributed by atoms with Gasteiger partial charge in [0.15, 0.2) is 0 Å². The Morgan fingerprint density at radius 1 is 0.881 bits per heavy atom. The Morgan fingerprint density at radius 2 is 1.69 bits per heavy atom. The molecule has 1 spiro atoms. The second kappa shape index (κ2) is 15.6. The number of nitrogens with zero attached hydrogens (tertiary/aromatic N) is 7. The van der Waals surface area contributed by atoms with Gasteiger partial charge in [-0.3, -0.25) is 19.9 Å². The molecular weight excluding hydrogens is 741 g/mol. The van der Waals surface area contributed by atoms with Gasteiger partial charge in [0.2, 0.25) is 11.8 Å². The number of imide groups is 1. The number of aryl methyl sites for hydroxylation is 1. The maximum atomic E-state index is 12.4. The monoisotopic (exact) mass is 796 g/mol. The lowest BCUT2D eigenvalue weighted by molar-refractivity contribution is -0.120. The Morgan fingerprint density at radius 3 is 2.49 bits per heavy atom. The first-order valence-corrected chi connectivity index (χ1v) is 21.7. The number of hydrogen-bond donors (Lipinski definition) is 3. The second-order valence-electron chi connectivity index (χ2n) is 17.6. The topological polar surface area (TPSA) is 121 Å². The standard InChI is InChI=1S/C46H56N10O3/c1-31-23-37(11-12-39(31)56-19-14-42(57)51-45(56)58)54-27-38(28-54)55-29-46(30-55)15-20-52(21-16-46)36-9-7-35(8-10-36)50-41-6-4-3-5-34-26-53(18-13-33(34)24-48-41)40-25-49-44-43(32(40)2)47-17-22-59-44/h6-12,23-25,38,47,50H,3-5,13-22,26-30H2,1-2H3,(H,51,57,58)/b41-6-,48-24-. The van der Waals surface area contributed by atoms with Crippen molar-refractivity contribution in [2.24, 2.45) is 10.4 Å². The molecule has 3 N–H and O–H groups in total. The molecule has 0 unspecified atom stereocenters. The number of anilines is 6. The van der Waals surface area contributed by atoms with Crippen LogP contribution < -0.4 is 40.3 Å². The molecule has 2 aromatic carbocycles. The number of allylic oxidation sites excluding steroid dienone is 1. The van der Waals surface area contributed by atoms with Crippen molar-refractivity contribution in [3.8, 4) is 5.88 Å². The van der Waals surface area contributed by atoms with Crippen molar-refractivity contribution in [2.45, 2.75) is 64.8 Å². The van der Waals surface area contributed by atoms with Gasteiger partial charge in [0.1, 0.15) is 18.1 Å². The molecule has 13 nitrogen and oxygen atoms in total. The Hall–Kier alpha value is -5.56. The summed E-state index contributed by atoms with van der Waals surface area (Å²) in [6.07, 6.45) is 13.3. The number of fused-ring (bicyclic) bond motifs is 1. The van der Waals surface area contributed by atoms with Crippen LogP contribution in [0.15, 0.2) is 76.7 Å². The third-order valence-electron chi connectivity index (χ3n) is 13.8. The summed E-state index contributed by atoms with van der Waals surface area (Å²) in [4.78, 5) is 45.4. The summed E-state index contributed by atoms with van der Waals surface area (Å²) in [6, 6.07) is 15.5. The molecule has 7 aliphatic rings. The molecular formula is C46H56N10O3. The van der Waals surface area contributed by atoms with Crippen molar-refractivity contribution in [2.75, 3.05) is 102 Å². The molecule has 7 aliphatic heterocycles. The van der Waals surface area contributed by atoms with Crippen molar-refractivity contribution in [1.82, 2.24) is 15.2 Å². The number of hydrogen-bond acceptors (Lipinski definition) is 11. The lowest BCUT2D eigenvalue weighted by atomic mass is 9.71. The number of benzene rings is 2. The Bertz CT molecular complexity index is 2210. The molecule has 308 valence electrons. The van der Waals surface area contributed by atoms with E-state index in [1.807, 2.05) is 19.2 Å². The van der Waals surface area contributed by atoms with Gasteiger partial charge in [-0.1, -0.05) is 0 Å². The minimum atomic E-state index is -0.330. The molecule has 0 aliphatic carbocycles. The Balaban J connectivity index is 0.686. The number of pyridine rings is 1. The number of ether oxygens (including phenoxy) is 1. The van der Waals surface area contributed by atoms with Gasteiger partial charge in [0, 0.05) is 112 Å². The third-order valence-corrected chi connectivity index (χ3v) is 13.8. The molecule has 59 heavy (non-hydrogen) atoms. The van der Waals surface area contributed by atoms with E-state index >= 15 is 0 Å². The number of amides is 3. The zero-order chi connectivity index (χ0) is 40.1. The fourth-order valence-electron chi connectivity index (χ4n) is 10.2. The van der Waals surface area contributed by atoms with Crippen LogP contribution in [0.4, 0.5) is 38.9 Å². The fourth-order valence-corrected chi connectivity index (χ4v) is 10.2. The van der Waals surface area contributed by atoms with E-state index in [1.165, 1.54) is 59.7 Å². The number of nitrogens with one attached hydrogen (secondary N) is 3. The van der Waals surface area contributed by atoms with E-state index in [0.29, 0.717) is 36.9 Å². The third kappa shape index (κ3) is 7.49. The predicted octanol–water partition coefficient (Wildman–Crippen LogP) is 6.45. The van der Waals surface area contributed by atoms with E-state index in [2.05, 4.69) is 96.1 Å². The maximum Gasteiger partial charge on any atom is 0.328 e. The van der Waals surface area contributed by atoms with Gasteiger partial charge < -0.3 is 30.1 Å². The van der Waals surface area contributed by atoms with E-state index in [-0.39, 0.29) is 11.9 Å². The molecule has 1 aromatic heterocycles. The Kier molecular flexibility index (Phi) is 9.94. The fraction of sp³-hybridized carbons (Fsp3) is 0.478. The molecule has 10 rings (SSSR count). The van der Waals surface area contributed by atoms with Crippen LogP contribution in [0.2, 0.25) is 0 Å². The largest absolute Gasteiger partial charge is 0.474 e. The van der Waals surface area contributed by atoms with Crippen LogP contribution >= 0.6 is 0 Å². The van der Waals surface area contributed by atoms with Gasteiger partial charge in [-0.15, -0.1) is 0 Å². The molecule has 0 radical (unpaired) electrons. The molecule has 0 bridgehead atoms. The lowest BCUT2D eigenvalue weighted by Gasteiger charge is -2.60. The summed E-state index contributed by atoms with van der Waals surface area (Å²) in [5.41, 5.74) is 12.2. The quantitative estimate of drug-likeness (QED) is 0.246. The molecule has 3 aromatic rings. The van der Waals surface area contributed by atoms with Crippen LogP contribution in [-0.2, 0) is 4.79 Å². The van der Waals surface area contributed by atoms with Crippen LogP contribution in [0.3, 0.4) is 0 Å². The van der Waals surface area contributed by atoms with Gasteiger partial charge >= 0.3 is 6.03 Å². The molecule has 8 heterocycles. The molecule has 4 saturated heterocycles. The molecule has 13 heteroatoms. The summed E-state index contributed by atoms with van der Waals surface area (Å²) in [5, 5.41) is 9.53. The van der Waals surface area contributed by atoms with Gasteiger partial charge in [-0.2, -0.15) is 0 Å². The first-order chi connectivity index (χ1) is 28.8. The van der Waals surface area contributed by atoms with Crippen LogP contribution in [-0.4, -0.2) is 106 Å². The predicted molar refractivity (Wildman–Crippen MR) is 235 cm³/mol. The average Bonchev–Trinajstić information content (AvgIpc) is 3.31. The minimum Gasteiger partial charge on any atom is -0.474 e. The summed E-state index contributed by atoms with van der Waals surface area (Å²) in [7, 11) is 0. The average molecular weight is 797 g/mol. The van der Waals surface area contributed by atoms with Gasteiger partial charge in [-0.25, -0.2) is 14.8 Å². The minimum absolute atomic E-state index is 0.205. The van der Waals surface area contributed by atoms with Crippen molar-refractivity contribution >= 4 is 52.3 Å².